The zero-order chi connectivity index (χ0) is 29.2. The van der Waals surface area contributed by atoms with Crippen molar-refractivity contribution >= 4 is 34.4 Å². The minimum Gasteiger partial charge on any atom is -0.366 e. The van der Waals surface area contributed by atoms with Crippen molar-refractivity contribution in [3.8, 4) is 11.8 Å². The van der Waals surface area contributed by atoms with Gasteiger partial charge in [-0.15, -0.1) is 21.5 Å². The lowest BCUT2D eigenvalue weighted by molar-refractivity contribution is -0.384. The van der Waals surface area contributed by atoms with Crippen molar-refractivity contribution < 1.29 is 9.31 Å². The molecule has 2 aromatic heterocycles. The molecule has 0 unspecified atom stereocenters. The predicted molar refractivity (Wildman–Crippen MR) is 158 cm³/mol. The first-order valence-corrected chi connectivity index (χ1v) is 14.9. The minimum atomic E-state index is -0.455. The van der Waals surface area contributed by atoms with E-state index in [4.69, 9.17) is 0 Å². The van der Waals surface area contributed by atoms with Gasteiger partial charge in [0.2, 0.25) is 0 Å². The molecule has 0 amide bonds. The number of halogens is 1. The van der Waals surface area contributed by atoms with Gasteiger partial charge in [-0.2, -0.15) is 5.26 Å². The van der Waals surface area contributed by atoms with Crippen molar-refractivity contribution in [3.63, 3.8) is 0 Å². The number of thiazole rings is 1. The molecule has 42 heavy (non-hydrogen) atoms. The molecule has 1 fully saturated rings. The van der Waals surface area contributed by atoms with Crippen LogP contribution in [0.1, 0.15) is 55.7 Å². The van der Waals surface area contributed by atoms with Crippen LogP contribution in [0.15, 0.2) is 47.3 Å². The second kappa shape index (κ2) is 11.7. The summed E-state index contributed by atoms with van der Waals surface area (Å²) in [6.45, 7) is 2.19. The third kappa shape index (κ3) is 5.23. The van der Waals surface area contributed by atoms with Crippen molar-refractivity contribution in [2.45, 2.75) is 51.5 Å². The van der Waals surface area contributed by atoms with Crippen LogP contribution >= 0.6 is 11.3 Å². The van der Waals surface area contributed by atoms with Gasteiger partial charge in [0.25, 0.3) is 11.2 Å². The lowest BCUT2D eigenvalue weighted by Gasteiger charge is -2.28. The Hall–Kier alpha value is -4.63. The maximum Gasteiger partial charge on any atom is 0.293 e. The number of nitro benzene ring substituents is 1. The lowest BCUT2D eigenvalue weighted by Crippen LogP contribution is -2.31. The Balaban J connectivity index is 1.56. The number of nitrogens with zero attached hydrogens (tertiary/aromatic N) is 7. The van der Waals surface area contributed by atoms with Crippen LogP contribution in [0.25, 0.3) is 17.3 Å². The Morgan fingerprint density at radius 3 is 2.50 bits per heavy atom. The number of hydrogen-bond donors (Lipinski definition) is 0. The van der Waals surface area contributed by atoms with Crippen molar-refractivity contribution in [1.82, 2.24) is 19.3 Å². The van der Waals surface area contributed by atoms with E-state index >= 15 is 0 Å². The fourth-order valence-corrected chi connectivity index (χ4v) is 6.77. The SMILES string of the molecule is N#C/C(c1nnc2n1CCCCC2)=c1/s/c(=C\c2ccc(N3CCCCC3)c([N+](=O)[O-])c2)c(=O)n1-c1ccc(F)cc1. The van der Waals surface area contributed by atoms with Gasteiger partial charge in [-0.25, -0.2) is 4.39 Å². The molecule has 0 saturated carbocycles. The van der Waals surface area contributed by atoms with Gasteiger partial charge in [-0.3, -0.25) is 19.5 Å². The van der Waals surface area contributed by atoms with E-state index in [1.165, 1.54) is 34.9 Å². The normalized spacial score (nSPS) is 16.5. The van der Waals surface area contributed by atoms with Gasteiger partial charge < -0.3 is 9.47 Å². The molecule has 2 aliphatic heterocycles. The van der Waals surface area contributed by atoms with Gasteiger partial charge in [0, 0.05) is 32.1 Å². The van der Waals surface area contributed by atoms with Gasteiger partial charge in [-0.05, 0) is 74.1 Å². The highest BCUT2D eigenvalue weighted by Crippen LogP contribution is 2.31. The fraction of sp³-hybridized carbons (Fsp3) is 0.333. The monoisotopic (exact) mass is 585 g/mol. The van der Waals surface area contributed by atoms with Gasteiger partial charge in [-0.1, -0.05) is 12.5 Å². The first kappa shape index (κ1) is 27.5. The van der Waals surface area contributed by atoms with E-state index in [9.17, 15) is 24.6 Å². The fourth-order valence-electron chi connectivity index (χ4n) is 5.67. The van der Waals surface area contributed by atoms with Crippen molar-refractivity contribution in [1.29, 1.82) is 5.26 Å². The van der Waals surface area contributed by atoms with Crippen LogP contribution in [0.2, 0.25) is 0 Å². The summed E-state index contributed by atoms with van der Waals surface area (Å²) in [7, 11) is 0. The first-order valence-electron chi connectivity index (χ1n) is 14.0. The molecule has 214 valence electrons. The number of benzene rings is 2. The number of aryl methyl sites for hydroxylation is 1. The van der Waals surface area contributed by atoms with E-state index < -0.39 is 16.3 Å². The molecular formula is C30H28FN7O3S. The van der Waals surface area contributed by atoms with Crippen molar-refractivity contribution in [2.75, 3.05) is 18.0 Å². The number of fused-ring (bicyclic) bond motifs is 1. The van der Waals surface area contributed by atoms with Crippen LogP contribution in [0, 0.1) is 27.3 Å². The van der Waals surface area contributed by atoms with Crippen LogP contribution in [0.3, 0.4) is 0 Å². The summed E-state index contributed by atoms with van der Waals surface area (Å²) in [5.74, 6) is 0.735. The largest absolute Gasteiger partial charge is 0.366 e. The second-order valence-electron chi connectivity index (χ2n) is 10.5. The third-order valence-electron chi connectivity index (χ3n) is 7.76. The molecule has 0 aliphatic carbocycles. The van der Waals surface area contributed by atoms with E-state index in [1.54, 1.807) is 18.2 Å². The molecule has 6 rings (SSSR count). The molecule has 0 radical (unpaired) electrons. The van der Waals surface area contributed by atoms with Crippen LogP contribution in [-0.2, 0) is 13.0 Å². The average Bonchev–Trinajstić information content (AvgIpc) is 3.44. The average molecular weight is 586 g/mol. The zero-order valence-electron chi connectivity index (χ0n) is 22.8. The van der Waals surface area contributed by atoms with Gasteiger partial charge in [0.1, 0.15) is 33.6 Å². The topological polar surface area (TPSA) is 123 Å². The second-order valence-corrected chi connectivity index (χ2v) is 11.5. The smallest absolute Gasteiger partial charge is 0.293 e. The third-order valence-corrected chi connectivity index (χ3v) is 8.85. The Kier molecular flexibility index (Phi) is 7.67. The standard InChI is InChI=1S/C30H28FN7O3S/c31-21-9-11-22(12-10-21)37-29(39)26(18-20-8-13-24(25(17-20)38(40)41)35-14-4-2-5-15-35)42-30(37)23(19-32)28-34-33-27-7-3-1-6-16-36(27)28/h8-13,17-18H,1-7,14-16H2/b26-18-,30-23-. The molecule has 1 saturated heterocycles. The summed E-state index contributed by atoms with van der Waals surface area (Å²) in [6.07, 6.45) is 8.40. The Morgan fingerprint density at radius 1 is 1.02 bits per heavy atom. The zero-order valence-corrected chi connectivity index (χ0v) is 23.6. The number of rotatable bonds is 5. The molecule has 0 bridgehead atoms. The van der Waals surface area contributed by atoms with Gasteiger partial charge in [0.15, 0.2) is 5.82 Å². The van der Waals surface area contributed by atoms with E-state index in [0.29, 0.717) is 34.0 Å². The number of anilines is 1. The predicted octanol–water partition coefficient (Wildman–Crippen LogP) is 3.81. The molecule has 2 aliphatic rings. The summed E-state index contributed by atoms with van der Waals surface area (Å²) < 4.78 is 17.7. The summed E-state index contributed by atoms with van der Waals surface area (Å²) in [5.41, 5.74) is 1.20. The van der Waals surface area contributed by atoms with Gasteiger partial charge >= 0.3 is 0 Å². The number of piperidine rings is 1. The molecule has 2 aromatic carbocycles. The summed E-state index contributed by atoms with van der Waals surface area (Å²) in [6, 6.07) is 12.7. The quantitative estimate of drug-likeness (QED) is 0.258. The van der Waals surface area contributed by atoms with Crippen LogP contribution in [0.5, 0.6) is 0 Å². The minimum absolute atomic E-state index is 0.0169. The number of nitriles is 1. The molecule has 4 heterocycles. The maximum absolute atomic E-state index is 13.9. The van der Waals surface area contributed by atoms with E-state index in [0.717, 1.165) is 75.2 Å². The Bertz CT molecular complexity index is 1880. The molecule has 4 aromatic rings. The Morgan fingerprint density at radius 2 is 1.76 bits per heavy atom. The van der Waals surface area contributed by atoms with E-state index in [-0.39, 0.29) is 15.8 Å². The lowest BCUT2D eigenvalue weighted by atomic mass is 10.1. The molecule has 0 atom stereocenters. The van der Waals surface area contributed by atoms with Crippen LogP contribution in [0.4, 0.5) is 15.8 Å². The summed E-state index contributed by atoms with van der Waals surface area (Å²) >= 11 is 1.09. The number of nitro groups is 1. The maximum atomic E-state index is 13.9. The number of aromatic nitrogens is 4. The van der Waals surface area contributed by atoms with Crippen molar-refractivity contribution in [3.05, 3.63) is 95.2 Å². The first-order chi connectivity index (χ1) is 20.4. The molecule has 12 heteroatoms. The highest BCUT2D eigenvalue weighted by molar-refractivity contribution is 7.07. The summed E-state index contributed by atoms with van der Waals surface area (Å²) in [4.78, 5) is 27.6. The van der Waals surface area contributed by atoms with Crippen molar-refractivity contribution in [2.24, 2.45) is 0 Å². The summed E-state index contributed by atoms with van der Waals surface area (Å²) in [5, 5.41) is 31.0. The van der Waals surface area contributed by atoms with Crippen LogP contribution in [-0.4, -0.2) is 37.3 Å². The molecular weight excluding hydrogens is 557 g/mol. The van der Waals surface area contributed by atoms with Gasteiger partial charge in [0.05, 0.1) is 15.1 Å². The Labute approximate surface area is 244 Å². The van der Waals surface area contributed by atoms with Crippen LogP contribution < -0.4 is 19.7 Å². The molecule has 0 spiro atoms. The molecule has 10 nitrogen and oxygen atoms in total. The van der Waals surface area contributed by atoms with E-state index in [1.807, 2.05) is 9.47 Å². The molecule has 0 N–H and O–H groups in total. The highest BCUT2D eigenvalue weighted by Gasteiger charge is 2.23. The number of hydrogen-bond acceptors (Lipinski definition) is 8. The highest BCUT2D eigenvalue weighted by atomic mass is 32.1. The van der Waals surface area contributed by atoms with E-state index in [2.05, 4.69) is 16.3 Å².